The first-order valence-corrected chi connectivity index (χ1v) is 8.80. The van der Waals surface area contributed by atoms with Gasteiger partial charge in [0.1, 0.15) is 5.82 Å². The zero-order valence-electron chi connectivity index (χ0n) is 14.5. The van der Waals surface area contributed by atoms with Crippen LogP contribution < -0.4 is 10.5 Å². The summed E-state index contributed by atoms with van der Waals surface area (Å²) in [7, 11) is 0. The number of nitrogens with zero attached hydrogens (tertiary/aromatic N) is 7. The summed E-state index contributed by atoms with van der Waals surface area (Å²) in [6.07, 6.45) is 7.04. The van der Waals surface area contributed by atoms with Crippen molar-refractivity contribution in [3.63, 3.8) is 0 Å². The zero-order chi connectivity index (χ0) is 18.2. The third-order valence-corrected chi connectivity index (χ3v) is 4.78. The number of hydrogen-bond donors (Lipinski definition) is 0. The van der Waals surface area contributed by atoms with E-state index in [0.717, 1.165) is 35.8 Å². The molecule has 1 saturated heterocycles. The van der Waals surface area contributed by atoms with Crippen molar-refractivity contribution in [2.45, 2.75) is 6.54 Å². The van der Waals surface area contributed by atoms with Crippen LogP contribution in [-0.2, 0) is 6.54 Å². The zero-order valence-corrected chi connectivity index (χ0v) is 14.5. The molecular weight excluding hydrogens is 342 g/mol. The van der Waals surface area contributed by atoms with Gasteiger partial charge in [-0.3, -0.25) is 9.78 Å². The minimum absolute atomic E-state index is 0.0842. The second kappa shape index (κ2) is 6.31. The third kappa shape index (κ3) is 2.95. The topological polar surface area (TPSA) is 81.2 Å². The molecule has 1 fully saturated rings. The molecule has 0 radical (unpaired) electrons. The fourth-order valence-corrected chi connectivity index (χ4v) is 3.34. The van der Waals surface area contributed by atoms with Crippen LogP contribution in [0.25, 0.3) is 16.9 Å². The van der Waals surface area contributed by atoms with Crippen molar-refractivity contribution < 1.29 is 0 Å². The highest BCUT2D eigenvalue weighted by Crippen LogP contribution is 2.23. The SMILES string of the molecule is O=c1ccc(-c2cccnc2)nn1CC1CN(c2ccc3nccn3n2)C1. The van der Waals surface area contributed by atoms with E-state index in [1.165, 1.54) is 0 Å². The van der Waals surface area contributed by atoms with Crippen LogP contribution in [0.3, 0.4) is 0 Å². The predicted octanol–water partition coefficient (Wildman–Crippen LogP) is 1.48. The van der Waals surface area contributed by atoms with Crippen LogP contribution in [0.2, 0.25) is 0 Å². The molecule has 8 heteroatoms. The second-order valence-corrected chi connectivity index (χ2v) is 6.67. The van der Waals surface area contributed by atoms with Gasteiger partial charge in [0.25, 0.3) is 5.56 Å². The largest absolute Gasteiger partial charge is 0.354 e. The average molecular weight is 359 g/mol. The average Bonchev–Trinajstić information content (AvgIpc) is 3.14. The lowest BCUT2D eigenvalue weighted by atomic mass is 10.0. The summed E-state index contributed by atoms with van der Waals surface area (Å²) < 4.78 is 3.32. The molecule has 5 rings (SSSR count). The molecule has 1 aliphatic rings. The maximum absolute atomic E-state index is 12.2. The summed E-state index contributed by atoms with van der Waals surface area (Å²) in [4.78, 5) is 22.7. The molecule has 4 aromatic heterocycles. The number of imidazole rings is 1. The normalized spacial score (nSPS) is 14.4. The van der Waals surface area contributed by atoms with E-state index in [9.17, 15) is 4.79 Å². The Morgan fingerprint density at radius 1 is 1.04 bits per heavy atom. The van der Waals surface area contributed by atoms with E-state index < -0.39 is 0 Å². The smallest absolute Gasteiger partial charge is 0.266 e. The van der Waals surface area contributed by atoms with Crippen molar-refractivity contribution in [1.82, 2.24) is 29.4 Å². The predicted molar refractivity (Wildman–Crippen MR) is 100 cm³/mol. The molecule has 8 nitrogen and oxygen atoms in total. The summed E-state index contributed by atoms with van der Waals surface area (Å²) in [6.45, 7) is 2.29. The number of aromatic nitrogens is 6. The van der Waals surface area contributed by atoms with Crippen molar-refractivity contribution in [3.05, 3.63) is 71.5 Å². The summed E-state index contributed by atoms with van der Waals surface area (Å²) in [5, 5.41) is 9.07. The van der Waals surface area contributed by atoms with Gasteiger partial charge in [-0.15, -0.1) is 5.10 Å². The van der Waals surface area contributed by atoms with E-state index in [1.54, 1.807) is 39.9 Å². The second-order valence-electron chi connectivity index (χ2n) is 6.67. The molecule has 4 aromatic rings. The molecular formula is C19H17N7O. The Morgan fingerprint density at radius 3 is 2.81 bits per heavy atom. The third-order valence-electron chi connectivity index (χ3n) is 4.78. The molecule has 0 aromatic carbocycles. The van der Waals surface area contributed by atoms with Crippen molar-refractivity contribution in [1.29, 1.82) is 0 Å². The molecule has 0 unspecified atom stereocenters. The van der Waals surface area contributed by atoms with Gasteiger partial charge in [0.15, 0.2) is 5.65 Å². The van der Waals surface area contributed by atoms with Crippen molar-refractivity contribution in [2.75, 3.05) is 18.0 Å². The Morgan fingerprint density at radius 2 is 1.96 bits per heavy atom. The van der Waals surface area contributed by atoms with Crippen LogP contribution in [0.1, 0.15) is 0 Å². The van der Waals surface area contributed by atoms with Gasteiger partial charge in [-0.25, -0.2) is 14.2 Å². The quantitative estimate of drug-likeness (QED) is 0.549. The lowest BCUT2D eigenvalue weighted by Gasteiger charge is -2.39. The molecule has 1 aliphatic heterocycles. The minimum atomic E-state index is -0.0842. The summed E-state index contributed by atoms with van der Waals surface area (Å²) >= 11 is 0. The molecule has 0 aliphatic carbocycles. The lowest BCUT2D eigenvalue weighted by Crippen LogP contribution is -2.50. The summed E-state index contributed by atoms with van der Waals surface area (Å²) in [6, 6.07) is 11.0. The Hall–Kier alpha value is -3.55. The van der Waals surface area contributed by atoms with Gasteiger partial charge < -0.3 is 4.90 Å². The monoisotopic (exact) mass is 359 g/mol. The highest BCUT2D eigenvalue weighted by Gasteiger charge is 2.29. The van der Waals surface area contributed by atoms with Gasteiger partial charge in [-0.1, -0.05) is 0 Å². The van der Waals surface area contributed by atoms with E-state index in [1.807, 2.05) is 30.5 Å². The first kappa shape index (κ1) is 15.7. The summed E-state index contributed by atoms with van der Waals surface area (Å²) in [5.41, 5.74) is 2.41. The number of fused-ring (bicyclic) bond motifs is 1. The van der Waals surface area contributed by atoms with Gasteiger partial charge in [-0.2, -0.15) is 5.10 Å². The summed E-state index contributed by atoms with van der Waals surface area (Å²) in [5.74, 6) is 1.28. The van der Waals surface area contributed by atoms with Crippen molar-refractivity contribution >= 4 is 11.5 Å². The molecule has 0 bridgehead atoms. The van der Waals surface area contributed by atoms with Crippen LogP contribution in [0.15, 0.2) is 66.0 Å². The molecule has 0 N–H and O–H groups in total. The van der Waals surface area contributed by atoms with Crippen LogP contribution in [0.4, 0.5) is 5.82 Å². The van der Waals surface area contributed by atoms with E-state index in [0.29, 0.717) is 12.5 Å². The molecule has 0 amide bonds. The Balaban J connectivity index is 1.30. The number of anilines is 1. The highest BCUT2D eigenvalue weighted by atomic mass is 16.1. The molecule has 0 saturated carbocycles. The Bertz CT molecular complexity index is 1150. The van der Waals surface area contributed by atoms with Crippen LogP contribution >= 0.6 is 0 Å². The van der Waals surface area contributed by atoms with Gasteiger partial charge in [-0.05, 0) is 30.3 Å². The van der Waals surface area contributed by atoms with Gasteiger partial charge in [0.2, 0.25) is 0 Å². The van der Waals surface area contributed by atoms with E-state index in [4.69, 9.17) is 0 Å². The molecule has 5 heterocycles. The van der Waals surface area contributed by atoms with Gasteiger partial charge >= 0.3 is 0 Å². The maximum Gasteiger partial charge on any atom is 0.266 e. The number of hydrogen-bond acceptors (Lipinski definition) is 6. The number of pyridine rings is 1. The highest BCUT2D eigenvalue weighted by molar-refractivity contribution is 5.56. The molecule has 0 atom stereocenters. The van der Waals surface area contributed by atoms with Gasteiger partial charge in [0.05, 0.1) is 12.2 Å². The van der Waals surface area contributed by atoms with Crippen LogP contribution in [0.5, 0.6) is 0 Å². The Labute approximate surface area is 154 Å². The van der Waals surface area contributed by atoms with Crippen LogP contribution in [0, 0.1) is 5.92 Å². The first-order chi connectivity index (χ1) is 13.3. The number of rotatable bonds is 4. The van der Waals surface area contributed by atoms with Gasteiger partial charge in [0, 0.05) is 55.4 Å². The first-order valence-electron chi connectivity index (χ1n) is 8.80. The Kier molecular flexibility index (Phi) is 3.67. The molecule has 27 heavy (non-hydrogen) atoms. The fourth-order valence-electron chi connectivity index (χ4n) is 3.34. The van der Waals surface area contributed by atoms with Crippen LogP contribution in [-0.4, -0.2) is 42.5 Å². The van der Waals surface area contributed by atoms with Crippen molar-refractivity contribution in [3.8, 4) is 11.3 Å². The maximum atomic E-state index is 12.2. The van der Waals surface area contributed by atoms with E-state index in [2.05, 4.69) is 25.1 Å². The molecule has 134 valence electrons. The fraction of sp³-hybridized carbons (Fsp3) is 0.211. The standard InChI is InChI=1S/C19H17N7O/c27-19-6-3-16(15-2-1-7-20-10-15)22-26(19)13-14-11-24(12-14)18-5-4-17-21-8-9-25(17)23-18/h1-10,14H,11-13H2. The van der Waals surface area contributed by atoms with E-state index >= 15 is 0 Å². The molecule has 0 spiro atoms. The van der Waals surface area contributed by atoms with Crippen molar-refractivity contribution in [2.24, 2.45) is 5.92 Å². The minimum Gasteiger partial charge on any atom is -0.354 e. The lowest BCUT2D eigenvalue weighted by molar-refractivity contribution is 0.333. The van der Waals surface area contributed by atoms with E-state index in [-0.39, 0.29) is 5.56 Å².